The van der Waals surface area contributed by atoms with Gasteiger partial charge in [-0.25, -0.2) is 0 Å². The highest BCUT2D eigenvalue weighted by molar-refractivity contribution is 5.74. The molecule has 2 N–H and O–H groups in total. The van der Waals surface area contributed by atoms with E-state index in [9.17, 15) is 0 Å². The van der Waals surface area contributed by atoms with E-state index < -0.39 is 0 Å². The summed E-state index contributed by atoms with van der Waals surface area (Å²) in [6, 6.07) is 3.84. The van der Waals surface area contributed by atoms with Gasteiger partial charge in [-0.3, -0.25) is 4.98 Å². The molecule has 0 spiro atoms. The van der Waals surface area contributed by atoms with Gasteiger partial charge in [0.05, 0.1) is 11.3 Å². The van der Waals surface area contributed by atoms with Crippen LogP contribution in [-0.2, 0) is 6.42 Å². The number of anilines is 1. The van der Waals surface area contributed by atoms with Crippen LogP contribution < -0.4 is 5.73 Å². The van der Waals surface area contributed by atoms with Crippen LogP contribution in [0.4, 0.5) is 5.88 Å². The molecule has 0 amide bonds. The van der Waals surface area contributed by atoms with Gasteiger partial charge in [-0.2, -0.15) is 0 Å². The molecule has 4 nitrogen and oxygen atoms in total. The van der Waals surface area contributed by atoms with E-state index in [4.69, 9.17) is 10.3 Å². The van der Waals surface area contributed by atoms with Crippen molar-refractivity contribution in [1.82, 2.24) is 10.1 Å². The first-order chi connectivity index (χ1) is 8.22. The Bertz CT molecular complexity index is 479. The zero-order chi connectivity index (χ0) is 12.3. The number of hydrogen-bond acceptors (Lipinski definition) is 4. The van der Waals surface area contributed by atoms with Crippen molar-refractivity contribution in [2.75, 3.05) is 5.73 Å². The first-order valence-corrected chi connectivity index (χ1v) is 5.86. The number of rotatable bonds is 4. The Balaban J connectivity index is 2.36. The lowest BCUT2D eigenvalue weighted by Crippen LogP contribution is -2.00. The standard InChI is InChI=1S/C13H17N3O/c1-3-9(2)8-11-12(13(14)17-16-11)10-4-6-15-7-5-10/h4-7,9H,3,8,14H2,1-2H3. The summed E-state index contributed by atoms with van der Waals surface area (Å²) < 4.78 is 5.10. The molecular weight excluding hydrogens is 214 g/mol. The van der Waals surface area contributed by atoms with Gasteiger partial charge in [-0.15, -0.1) is 0 Å². The minimum Gasteiger partial charge on any atom is -0.367 e. The van der Waals surface area contributed by atoms with Crippen LogP contribution in [0, 0.1) is 5.92 Å². The molecule has 2 aromatic heterocycles. The predicted molar refractivity (Wildman–Crippen MR) is 67.3 cm³/mol. The third-order valence-corrected chi connectivity index (χ3v) is 3.00. The highest BCUT2D eigenvalue weighted by atomic mass is 16.5. The van der Waals surface area contributed by atoms with Crippen molar-refractivity contribution in [3.63, 3.8) is 0 Å². The zero-order valence-electron chi connectivity index (χ0n) is 10.2. The van der Waals surface area contributed by atoms with Gasteiger partial charge < -0.3 is 10.3 Å². The monoisotopic (exact) mass is 231 g/mol. The quantitative estimate of drug-likeness (QED) is 0.878. The normalized spacial score (nSPS) is 12.6. The molecule has 1 unspecified atom stereocenters. The second-order valence-corrected chi connectivity index (χ2v) is 4.32. The topological polar surface area (TPSA) is 64.9 Å². The van der Waals surface area contributed by atoms with Gasteiger partial charge in [0.2, 0.25) is 5.88 Å². The Hall–Kier alpha value is -1.84. The molecule has 0 saturated heterocycles. The van der Waals surface area contributed by atoms with Gasteiger partial charge in [0, 0.05) is 12.4 Å². The van der Waals surface area contributed by atoms with Crippen LogP contribution in [-0.4, -0.2) is 10.1 Å². The van der Waals surface area contributed by atoms with Crippen molar-refractivity contribution >= 4 is 5.88 Å². The first-order valence-electron chi connectivity index (χ1n) is 5.86. The van der Waals surface area contributed by atoms with Crippen molar-refractivity contribution in [1.29, 1.82) is 0 Å². The molecule has 90 valence electrons. The summed E-state index contributed by atoms with van der Waals surface area (Å²) in [4.78, 5) is 4.00. The van der Waals surface area contributed by atoms with Crippen molar-refractivity contribution in [2.24, 2.45) is 5.92 Å². The second-order valence-electron chi connectivity index (χ2n) is 4.32. The Kier molecular flexibility index (Phi) is 3.42. The molecule has 2 aromatic rings. The second kappa shape index (κ2) is 4.99. The van der Waals surface area contributed by atoms with E-state index in [1.807, 2.05) is 12.1 Å². The molecule has 0 aliphatic heterocycles. The maximum absolute atomic E-state index is 5.84. The lowest BCUT2D eigenvalue weighted by Gasteiger charge is -2.07. The van der Waals surface area contributed by atoms with E-state index in [0.29, 0.717) is 11.8 Å². The van der Waals surface area contributed by atoms with Crippen LogP contribution in [0.5, 0.6) is 0 Å². The number of nitrogens with zero attached hydrogens (tertiary/aromatic N) is 2. The number of hydrogen-bond donors (Lipinski definition) is 1. The summed E-state index contributed by atoms with van der Waals surface area (Å²) in [6.07, 6.45) is 5.49. The van der Waals surface area contributed by atoms with Gasteiger partial charge >= 0.3 is 0 Å². The van der Waals surface area contributed by atoms with Crippen LogP contribution >= 0.6 is 0 Å². The molecule has 2 heterocycles. The average Bonchev–Trinajstić information content (AvgIpc) is 2.71. The summed E-state index contributed by atoms with van der Waals surface area (Å²) in [5.41, 5.74) is 8.70. The van der Waals surface area contributed by atoms with Crippen molar-refractivity contribution < 1.29 is 4.52 Å². The third kappa shape index (κ3) is 2.46. The van der Waals surface area contributed by atoms with Crippen molar-refractivity contribution in [2.45, 2.75) is 26.7 Å². The fraction of sp³-hybridized carbons (Fsp3) is 0.385. The summed E-state index contributed by atoms with van der Waals surface area (Å²) >= 11 is 0. The molecule has 1 atom stereocenters. The Morgan fingerprint density at radius 1 is 1.35 bits per heavy atom. The number of pyridine rings is 1. The molecule has 0 aromatic carbocycles. The molecule has 0 aliphatic rings. The lowest BCUT2D eigenvalue weighted by molar-refractivity contribution is 0.418. The number of nitrogen functional groups attached to an aromatic ring is 1. The number of nitrogens with two attached hydrogens (primary N) is 1. The van der Waals surface area contributed by atoms with E-state index in [2.05, 4.69) is 24.0 Å². The minimum absolute atomic E-state index is 0.384. The van der Waals surface area contributed by atoms with Crippen molar-refractivity contribution in [3.8, 4) is 11.1 Å². The summed E-state index contributed by atoms with van der Waals surface area (Å²) in [5.74, 6) is 0.953. The third-order valence-electron chi connectivity index (χ3n) is 3.00. The zero-order valence-corrected chi connectivity index (χ0v) is 10.2. The predicted octanol–water partition coefficient (Wildman–Crippen LogP) is 2.91. The lowest BCUT2D eigenvalue weighted by atomic mass is 9.98. The maximum atomic E-state index is 5.84. The van der Waals surface area contributed by atoms with E-state index >= 15 is 0 Å². The van der Waals surface area contributed by atoms with Crippen LogP contribution in [0.15, 0.2) is 29.0 Å². The average molecular weight is 231 g/mol. The largest absolute Gasteiger partial charge is 0.367 e. The Morgan fingerprint density at radius 3 is 2.71 bits per heavy atom. The first kappa shape index (κ1) is 11.6. The molecule has 4 heteroatoms. The smallest absolute Gasteiger partial charge is 0.230 e. The highest BCUT2D eigenvalue weighted by Gasteiger charge is 2.17. The molecule has 0 fully saturated rings. The maximum Gasteiger partial charge on any atom is 0.230 e. The van der Waals surface area contributed by atoms with Gasteiger partial charge in [0.15, 0.2) is 0 Å². The molecule has 0 radical (unpaired) electrons. The minimum atomic E-state index is 0.384. The summed E-state index contributed by atoms with van der Waals surface area (Å²) in [5, 5.41) is 4.06. The molecular formula is C13H17N3O. The summed E-state index contributed by atoms with van der Waals surface area (Å²) in [6.45, 7) is 4.36. The van der Waals surface area contributed by atoms with Crippen LogP contribution in [0.2, 0.25) is 0 Å². The fourth-order valence-electron chi connectivity index (χ4n) is 1.78. The van der Waals surface area contributed by atoms with Crippen LogP contribution in [0.25, 0.3) is 11.1 Å². The molecule has 0 bridgehead atoms. The molecule has 2 rings (SSSR count). The molecule has 17 heavy (non-hydrogen) atoms. The summed E-state index contributed by atoms with van der Waals surface area (Å²) in [7, 11) is 0. The molecule has 0 aliphatic carbocycles. The van der Waals surface area contributed by atoms with Crippen molar-refractivity contribution in [3.05, 3.63) is 30.2 Å². The van der Waals surface area contributed by atoms with Gasteiger partial charge in [-0.1, -0.05) is 25.4 Å². The Morgan fingerprint density at radius 2 is 2.06 bits per heavy atom. The SMILES string of the molecule is CCC(C)Cc1noc(N)c1-c1ccncc1. The van der Waals surface area contributed by atoms with Crippen LogP contribution in [0.3, 0.4) is 0 Å². The van der Waals surface area contributed by atoms with E-state index in [1.165, 1.54) is 0 Å². The highest BCUT2D eigenvalue weighted by Crippen LogP contribution is 2.30. The van der Waals surface area contributed by atoms with E-state index in [-0.39, 0.29) is 0 Å². The van der Waals surface area contributed by atoms with Gasteiger partial charge in [0.1, 0.15) is 0 Å². The van der Waals surface area contributed by atoms with E-state index in [1.54, 1.807) is 12.4 Å². The number of aromatic nitrogens is 2. The van der Waals surface area contributed by atoms with E-state index in [0.717, 1.165) is 29.7 Å². The van der Waals surface area contributed by atoms with Gasteiger partial charge in [0.25, 0.3) is 0 Å². The fourth-order valence-corrected chi connectivity index (χ4v) is 1.78. The Labute approximate surface area is 101 Å². The van der Waals surface area contributed by atoms with Gasteiger partial charge in [-0.05, 0) is 30.0 Å². The van der Waals surface area contributed by atoms with Crippen LogP contribution in [0.1, 0.15) is 26.0 Å². The molecule has 0 saturated carbocycles.